The summed E-state index contributed by atoms with van der Waals surface area (Å²) in [5.74, 6) is 1.22. The van der Waals surface area contributed by atoms with Gasteiger partial charge in [-0.15, -0.1) is 0 Å². The lowest BCUT2D eigenvalue weighted by molar-refractivity contribution is 0.0862. The van der Waals surface area contributed by atoms with Crippen LogP contribution in [-0.2, 0) is 0 Å². The Hall–Kier alpha value is -2.55. The molecule has 1 unspecified atom stereocenters. The van der Waals surface area contributed by atoms with E-state index in [9.17, 15) is 4.79 Å². The number of nitrogens with one attached hydrogen (secondary N) is 1. The molecule has 128 valence electrons. The van der Waals surface area contributed by atoms with Crippen LogP contribution >= 0.6 is 0 Å². The van der Waals surface area contributed by atoms with E-state index in [1.54, 1.807) is 0 Å². The molecule has 2 aliphatic rings. The molecule has 1 fully saturated rings. The second kappa shape index (κ2) is 7.14. The fraction of sp³-hybridized carbons (Fsp3) is 0.318. The summed E-state index contributed by atoms with van der Waals surface area (Å²) in [5.41, 5.74) is 2.38. The molecule has 1 atom stereocenters. The topological polar surface area (TPSA) is 38.3 Å². The minimum absolute atomic E-state index is 0.0841. The lowest BCUT2D eigenvalue weighted by atomic mass is 9.79. The van der Waals surface area contributed by atoms with E-state index < -0.39 is 0 Å². The smallest absolute Gasteiger partial charge is 0.197 e. The number of carbonyl (C=O) groups excluding carboxylic acids is 1. The fourth-order valence-electron chi connectivity index (χ4n) is 3.87. The molecular formula is C22H23NO2. The molecule has 1 aliphatic carbocycles. The van der Waals surface area contributed by atoms with E-state index in [4.69, 9.17) is 4.74 Å². The Kier molecular flexibility index (Phi) is 4.55. The summed E-state index contributed by atoms with van der Waals surface area (Å²) in [5, 5.41) is 3.28. The van der Waals surface area contributed by atoms with E-state index >= 15 is 0 Å². The fourth-order valence-corrected chi connectivity index (χ4v) is 3.87. The minimum atomic E-state index is -0.154. The standard InChI is InChI=1S/C22H23NO2/c24-21-18-13-7-8-14-20(18)25-22(16-9-3-1-4-10-16)19(21)15-23-17-11-5-2-6-12-17/h2,5-8,11-16,22-23H,1,3-4,9-10H2/b19-15+. The van der Waals surface area contributed by atoms with Gasteiger partial charge >= 0.3 is 0 Å². The maximum atomic E-state index is 13.1. The zero-order chi connectivity index (χ0) is 17.1. The van der Waals surface area contributed by atoms with Crippen LogP contribution in [0.15, 0.2) is 66.4 Å². The Morgan fingerprint density at radius 2 is 1.64 bits per heavy atom. The molecule has 4 rings (SSSR count). The van der Waals surface area contributed by atoms with E-state index in [0.717, 1.165) is 29.9 Å². The van der Waals surface area contributed by atoms with Crippen molar-refractivity contribution in [1.82, 2.24) is 0 Å². The Balaban J connectivity index is 1.67. The molecule has 3 nitrogen and oxygen atoms in total. The summed E-state index contributed by atoms with van der Waals surface area (Å²) < 4.78 is 6.31. The molecule has 0 amide bonds. The van der Waals surface area contributed by atoms with Crippen LogP contribution in [0.5, 0.6) is 5.75 Å². The number of hydrogen-bond acceptors (Lipinski definition) is 3. The highest BCUT2D eigenvalue weighted by atomic mass is 16.5. The van der Waals surface area contributed by atoms with Crippen molar-refractivity contribution in [3.05, 3.63) is 71.9 Å². The largest absolute Gasteiger partial charge is 0.484 e. The van der Waals surface area contributed by atoms with Gasteiger partial charge in [0.15, 0.2) is 5.78 Å². The molecule has 0 aromatic heterocycles. The number of anilines is 1. The Labute approximate surface area is 148 Å². The molecule has 0 radical (unpaired) electrons. The molecule has 25 heavy (non-hydrogen) atoms. The third kappa shape index (κ3) is 3.32. The molecule has 1 heterocycles. The van der Waals surface area contributed by atoms with Gasteiger partial charge in [0.2, 0.25) is 0 Å². The van der Waals surface area contributed by atoms with Crippen LogP contribution in [-0.4, -0.2) is 11.9 Å². The quantitative estimate of drug-likeness (QED) is 0.784. The number of fused-ring (bicyclic) bond motifs is 1. The number of para-hydroxylation sites is 2. The third-order valence-electron chi connectivity index (χ3n) is 5.20. The molecule has 0 saturated heterocycles. The highest BCUT2D eigenvalue weighted by Crippen LogP contribution is 2.38. The molecule has 1 aliphatic heterocycles. The van der Waals surface area contributed by atoms with Gasteiger partial charge in [-0.3, -0.25) is 4.79 Å². The normalized spacial score (nSPS) is 22.3. The average molecular weight is 333 g/mol. The number of rotatable bonds is 3. The first-order valence-corrected chi connectivity index (χ1v) is 9.15. The summed E-state index contributed by atoms with van der Waals surface area (Å²) in [6, 6.07) is 17.5. The maximum absolute atomic E-state index is 13.1. The number of Topliss-reactive ketones (excluding diaryl/α,β-unsaturated/α-hetero) is 1. The van der Waals surface area contributed by atoms with Crippen LogP contribution in [0, 0.1) is 5.92 Å². The first-order valence-electron chi connectivity index (χ1n) is 9.15. The number of ketones is 1. The summed E-state index contributed by atoms with van der Waals surface area (Å²) in [7, 11) is 0. The summed E-state index contributed by atoms with van der Waals surface area (Å²) in [4.78, 5) is 13.1. The van der Waals surface area contributed by atoms with Gasteiger partial charge in [-0.05, 0) is 37.1 Å². The van der Waals surface area contributed by atoms with E-state index in [1.807, 2.05) is 60.8 Å². The first-order chi connectivity index (χ1) is 12.3. The SMILES string of the molecule is O=C1/C(=C\Nc2ccccc2)C(C2CCCCC2)Oc2ccccc21. The molecule has 1 N–H and O–H groups in total. The van der Waals surface area contributed by atoms with E-state index in [0.29, 0.717) is 11.5 Å². The van der Waals surface area contributed by atoms with E-state index in [1.165, 1.54) is 19.3 Å². The predicted octanol–water partition coefficient (Wildman–Crippen LogP) is 5.21. The Morgan fingerprint density at radius 3 is 2.44 bits per heavy atom. The highest BCUT2D eigenvalue weighted by Gasteiger charge is 2.37. The molecule has 3 heteroatoms. The number of hydrogen-bond donors (Lipinski definition) is 1. The Bertz CT molecular complexity index is 776. The second-order valence-corrected chi connectivity index (χ2v) is 6.87. The van der Waals surface area contributed by atoms with Crippen molar-refractivity contribution in [2.45, 2.75) is 38.2 Å². The van der Waals surface area contributed by atoms with Gasteiger partial charge in [0, 0.05) is 17.8 Å². The van der Waals surface area contributed by atoms with E-state index in [-0.39, 0.29) is 11.9 Å². The highest BCUT2D eigenvalue weighted by molar-refractivity contribution is 6.12. The molecule has 2 aromatic carbocycles. The van der Waals surface area contributed by atoms with Crippen LogP contribution in [0.4, 0.5) is 5.69 Å². The van der Waals surface area contributed by atoms with Crippen LogP contribution in [0.2, 0.25) is 0 Å². The molecule has 0 bridgehead atoms. The third-order valence-corrected chi connectivity index (χ3v) is 5.20. The van der Waals surface area contributed by atoms with Gasteiger partial charge in [0.1, 0.15) is 11.9 Å². The number of ether oxygens (including phenoxy) is 1. The first kappa shape index (κ1) is 15.9. The second-order valence-electron chi connectivity index (χ2n) is 6.87. The van der Waals surface area contributed by atoms with Gasteiger partial charge in [0.25, 0.3) is 0 Å². The summed E-state index contributed by atoms with van der Waals surface area (Å²) >= 11 is 0. The molecular weight excluding hydrogens is 310 g/mol. The van der Waals surface area contributed by atoms with Crippen molar-refractivity contribution >= 4 is 11.5 Å². The van der Waals surface area contributed by atoms with Crippen molar-refractivity contribution in [2.75, 3.05) is 5.32 Å². The van der Waals surface area contributed by atoms with Crippen molar-refractivity contribution in [1.29, 1.82) is 0 Å². The number of benzene rings is 2. The lowest BCUT2D eigenvalue weighted by Crippen LogP contribution is -2.37. The van der Waals surface area contributed by atoms with Gasteiger partial charge in [0.05, 0.1) is 11.1 Å². The zero-order valence-electron chi connectivity index (χ0n) is 14.3. The van der Waals surface area contributed by atoms with Crippen LogP contribution in [0.3, 0.4) is 0 Å². The lowest BCUT2D eigenvalue weighted by Gasteiger charge is -2.35. The van der Waals surface area contributed by atoms with Gasteiger partial charge in [-0.25, -0.2) is 0 Å². The van der Waals surface area contributed by atoms with Crippen LogP contribution < -0.4 is 10.1 Å². The molecule has 0 spiro atoms. The zero-order valence-corrected chi connectivity index (χ0v) is 14.3. The number of carbonyl (C=O) groups is 1. The summed E-state index contributed by atoms with van der Waals surface area (Å²) in [6.07, 6.45) is 7.69. The maximum Gasteiger partial charge on any atom is 0.197 e. The monoisotopic (exact) mass is 333 g/mol. The van der Waals surface area contributed by atoms with Crippen molar-refractivity contribution in [3.8, 4) is 5.75 Å². The molecule has 1 saturated carbocycles. The average Bonchev–Trinajstić information content (AvgIpc) is 2.69. The van der Waals surface area contributed by atoms with Gasteiger partial charge < -0.3 is 10.1 Å². The Morgan fingerprint density at radius 1 is 0.920 bits per heavy atom. The van der Waals surface area contributed by atoms with Crippen molar-refractivity contribution in [2.24, 2.45) is 5.92 Å². The minimum Gasteiger partial charge on any atom is -0.484 e. The predicted molar refractivity (Wildman–Crippen MR) is 99.9 cm³/mol. The van der Waals surface area contributed by atoms with Crippen LogP contribution in [0.25, 0.3) is 0 Å². The van der Waals surface area contributed by atoms with Crippen molar-refractivity contribution in [3.63, 3.8) is 0 Å². The summed E-state index contributed by atoms with van der Waals surface area (Å²) in [6.45, 7) is 0. The molecule has 2 aromatic rings. The van der Waals surface area contributed by atoms with Crippen LogP contribution in [0.1, 0.15) is 42.5 Å². The van der Waals surface area contributed by atoms with Gasteiger partial charge in [-0.2, -0.15) is 0 Å². The van der Waals surface area contributed by atoms with Gasteiger partial charge in [-0.1, -0.05) is 49.6 Å². The van der Waals surface area contributed by atoms with Crippen molar-refractivity contribution < 1.29 is 9.53 Å². The van der Waals surface area contributed by atoms with E-state index in [2.05, 4.69) is 5.32 Å².